The van der Waals surface area contributed by atoms with E-state index in [0.717, 1.165) is 36.4 Å². The zero-order valence-corrected chi connectivity index (χ0v) is 11.0. The second-order valence-corrected chi connectivity index (χ2v) is 5.12. The molecule has 16 heavy (non-hydrogen) atoms. The van der Waals surface area contributed by atoms with Gasteiger partial charge in [0.25, 0.3) is 0 Å². The number of benzene rings is 1. The quantitative estimate of drug-likeness (QED) is 0.847. The van der Waals surface area contributed by atoms with Crippen LogP contribution in [-0.4, -0.2) is 30.7 Å². The van der Waals surface area contributed by atoms with Crippen molar-refractivity contribution in [1.29, 1.82) is 0 Å². The van der Waals surface area contributed by atoms with Crippen LogP contribution in [0.2, 0.25) is 0 Å². The number of hydrogen-bond donors (Lipinski definition) is 1. The summed E-state index contributed by atoms with van der Waals surface area (Å²) >= 11 is 3.56. The molecule has 0 unspecified atom stereocenters. The third kappa shape index (κ3) is 2.97. The normalized spacial score (nSPS) is 22.2. The molecular weight excluding hydrogens is 268 g/mol. The van der Waals surface area contributed by atoms with Crippen molar-refractivity contribution >= 4 is 21.6 Å². The van der Waals surface area contributed by atoms with Gasteiger partial charge in [-0.15, -0.1) is 0 Å². The van der Waals surface area contributed by atoms with Crippen LogP contribution in [0.15, 0.2) is 22.7 Å². The first-order chi connectivity index (χ1) is 7.65. The van der Waals surface area contributed by atoms with Crippen LogP contribution in [0.5, 0.6) is 0 Å². The molecule has 1 aromatic carbocycles. The van der Waals surface area contributed by atoms with Crippen molar-refractivity contribution in [2.45, 2.75) is 19.6 Å². The molecule has 2 N–H and O–H groups in total. The zero-order chi connectivity index (χ0) is 11.5. The topological polar surface area (TPSA) is 38.5 Å². The maximum absolute atomic E-state index is 5.80. The lowest BCUT2D eigenvalue weighted by molar-refractivity contribution is -0.0212. The summed E-state index contributed by atoms with van der Waals surface area (Å²) in [4.78, 5) is 2.40. The van der Waals surface area contributed by atoms with Crippen molar-refractivity contribution in [3.05, 3.63) is 28.2 Å². The SMILES string of the molecule is C[C@H]1CN(Cc2cc(N)ccc2Br)CCO1. The average Bonchev–Trinajstić information content (AvgIpc) is 2.24. The highest BCUT2D eigenvalue weighted by Crippen LogP contribution is 2.22. The van der Waals surface area contributed by atoms with E-state index in [0.29, 0.717) is 6.10 Å². The minimum atomic E-state index is 0.327. The number of anilines is 1. The molecule has 1 aliphatic rings. The Bertz CT molecular complexity index is 370. The van der Waals surface area contributed by atoms with Crippen LogP contribution in [-0.2, 0) is 11.3 Å². The van der Waals surface area contributed by atoms with Crippen molar-refractivity contribution in [3.8, 4) is 0 Å². The van der Waals surface area contributed by atoms with Gasteiger partial charge in [0.1, 0.15) is 0 Å². The lowest BCUT2D eigenvalue weighted by Crippen LogP contribution is -2.40. The van der Waals surface area contributed by atoms with E-state index < -0.39 is 0 Å². The van der Waals surface area contributed by atoms with Crippen molar-refractivity contribution in [3.63, 3.8) is 0 Å². The van der Waals surface area contributed by atoms with Crippen LogP contribution < -0.4 is 5.73 Å². The molecule has 0 radical (unpaired) electrons. The number of nitrogens with two attached hydrogens (primary N) is 1. The fraction of sp³-hybridized carbons (Fsp3) is 0.500. The number of rotatable bonds is 2. The van der Waals surface area contributed by atoms with Crippen molar-refractivity contribution in [2.75, 3.05) is 25.4 Å². The van der Waals surface area contributed by atoms with E-state index in [9.17, 15) is 0 Å². The maximum atomic E-state index is 5.80. The van der Waals surface area contributed by atoms with Gasteiger partial charge in [-0.3, -0.25) is 4.90 Å². The van der Waals surface area contributed by atoms with Gasteiger partial charge < -0.3 is 10.5 Å². The van der Waals surface area contributed by atoms with E-state index in [2.05, 4.69) is 27.8 Å². The van der Waals surface area contributed by atoms with Gasteiger partial charge in [-0.25, -0.2) is 0 Å². The molecule has 0 saturated carbocycles. The third-order valence-corrected chi connectivity index (χ3v) is 3.56. The van der Waals surface area contributed by atoms with E-state index in [1.165, 1.54) is 5.56 Å². The lowest BCUT2D eigenvalue weighted by atomic mass is 10.1. The van der Waals surface area contributed by atoms with Gasteiger partial charge in [0.05, 0.1) is 12.7 Å². The fourth-order valence-electron chi connectivity index (χ4n) is 1.99. The van der Waals surface area contributed by atoms with Crippen molar-refractivity contribution < 1.29 is 4.74 Å². The summed E-state index contributed by atoms with van der Waals surface area (Å²) in [5.41, 5.74) is 7.86. The summed E-state index contributed by atoms with van der Waals surface area (Å²) < 4.78 is 6.65. The van der Waals surface area contributed by atoms with Gasteiger partial charge >= 0.3 is 0 Å². The molecule has 0 spiro atoms. The monoisotopic (exact) mass is 284 g/mol. The van der Waals surface area contributed by atoms with E-state index >= 15 is 0 Å². The molecule has 0 amide bonds. The fourth-order valence-corrected chi connectivity index (χ4v) is 2.36. The molecule has 4 heteroatoms. The Morgan fingerprint density at radius 3 is 3.12 bits per heavy atom. The second-order valence-electron chi connectivity index (χ2n) is 4.27. The van der Waals surface area contributed by atoms with Gasteiger partial charge in [0.15, 0.2) is 0 Å². The lowest BCUT2D eigenvalue weighted by Gasteiger charge is -2.31. The Kier molecular flexibility index (Phi) is 3.84. The molecular formula is C12H17BrN2O. The predicted octanol–water partition coefficient (Wildman–Crippen LogP) is 2.25. The predicted molar refractivity (Wildman–Crippen MR) is 69.2 cm³/mol. The molecule has 1 atom stereocenters. The van der Waals surface area contributed by atoms with Crippen LogP contribution in [0, 0.1) is 0 Å². The van der Waals surface area contributed by atoms with Crippen LogP contribution in [0.3, 0.4) is 0 Å². The van der Waals surface area contributed by atoms with E-state index in [1.807, 2.05) is 18.2 Å². The van der Waals surface area contributed by atoms with Gasteiger partial charge in [-0.05, 0) is 30.7 Å². The van der Waals surface area contributed by atoms with E-state index in [4.69, 9.17) is 10.5 Å². The molecule has 0 aromatic heterocycles. The number of hydrogen-bond acceptors (Lipinski definition) is 3. The van der Waals surface area contributed by atoms with Gasteiger partial charge in [-0.1, -0.05) is 15.9 Å². The molecule has 1 saturated heterocycles. The molecule has 0 bridgehead atoms. The minimum absolute atomic E-state index is 0.327. The second kappa shape index (κ2) is 5.17. The molecule has 1 heterocycles. The summed E-state index contributed by atoms with van der Waals surface area (Å²) in [6, 6.07) is 5.95. The smallest absolute Gasteiger partial charge is 0.0674 e. The van der Waals surface area contributed by atoms with Crippen molar-refractivity contribution in [1.82, 2.24) is 4.90 Å². The first-order valence-electron chi connectivity index (χ1n) is 5.53. The molecule has 1 aromatic rings. The minimum Gasteiger partial charge on any atom is -0.399 e. The number of nitrogen functional groups attached to an aromatic ring is 1. The Balaban J connectivity index is 2.05. The largest absolute Gasteiger partial charge is 0.399 e. The van der Waals surface area contributed by atoms with Crippen LogP contribution in [0.25, 0.3) is 0 Å². The summed E-state index contributed by atoms with van der Waals surface area (Å²) in [6.45, 7) is 5.84. The number of ether oxygens (including phenoxy) is 1. The van der Waals surface area contributed by atoms with Gasteiger partial charge in [0.2, 0.25) is 0 Å². The summed E-state index contributed by atoms with van der Waals surface area (Å²) in [7, 11) is 0. The first-order valence-corrected chi connectivity index (χ1v) is 6.32. The van der Waals surface area contributed by atoms with Gasteiger partial charge in [-0.2, -0.15) is 0 Å². The van der Waals surface area contributed by atoms with Crippen LogP contribution in [0.4, 0.5) is 5.69 Å². The number of nitrogens with zero attached hydrogens (tertiary/aromatic N) is 1. The van der Waals surface area contributed by atoms with Crippen LogP contribution in [0.1, 0.15) is 12.5 Å². The molecule has 0 aliphatic carbocycles. The van der Waals surface area contributed by atoms with Gasteiger partial charge in [0, 0.05) is 29.8 Å². The Morgan fingerprint density at radius 1 is 1.56 bits per heavy atom. The standard InChI is InChI=1S/C12H17BrN2O/c1-9-7-15(4-5-16-9)8-10-6-11(14)2-3-12(10)13/h2-3,6,9H,4-5,7-8,14H2,1H3/t9-/m0/s1. The third-order valence-electron chi connectivity index (χ3n) is 2.79. The Labute approximate surface area is 105 Å². The molecule has 1 aliphatic heterocycles. The highest BCUT2D eigenvalue weighted by Gasteiger charge is 2.17. The highest BCUT2D eigenvalue weighted by molar-refractivity contribution is 9.10. The Hall–Kier alpha value is -0.580. The highest BCUT2D eigenvalue weighted by atomic mass is 79.9. The molecule has 88 valence electrons. The van der Waals surface area contributed by atoms with Crippen LogP contribution >= 0.6 is 15.9 Å². The average molecular weight is 285 g/mol. The summed E-state index contributed by atoms with van der Waals surface area (Å²) in [6.07, 6.45) is 0.327. The van der Waals surface area contributed by atoms with E-state index in [-0.39, 0.29) is 0 Å². The maximum Gasteiger partial charge on any atom is 0.0674 e. The number of halogens is 1. The zero-order valence-electron chi connectivity index (χ0n) is 9.45. The number of morpholine rings is 1. The molecule has 1 fully saturated rings. The summed E-state index contributed by atoms with van der Waals surface area (Å²) in [5.74, 6) is 0. The van der Waals surface area contributed by atoms with E-state index in [1.54, 1.807) is 0 Å². The Morgan fingerprint density at radius 2 is 2.38 bits per heavy atom. The van der Waals surface area contributed by atoms with Crippen molar-refractivity contribution in [2.24, 2.45) is 0 Å². The molecule has 3 nitrogen and oxygen atoms in total. The summed E-state index contributed by atoms with van der Waals surface area (Å²) in [5, 5.41) is 0. The molecule has 2 rings (SSSR count). The first kappa shape index (κ1) is 11.9.